The highest BCUT2D eigenvalue weighted by Crippen LogP contribution is 2.49. The first kappa shape index (κ1) is 23.2. The zero-order valence-electron chi connectivity index (χ0n) is 17.5. The molecule has 2 amide bonds. The summed E-state index contributed by atoms with van der Waals surface area (Å²) in [5, 5.41) is 2.54. The molecule has 2 saturated heterocycles. The second-order valence-electron chi connectivity index (χ2n) is 7.79. The fourth-order valence-corrected chi connectivity index (χ4v) is 5.49. The summed E-state index contributed by atoms with van der Waals surface area (Å²) in [6, 6.07) is 2.15. The molecule has 2 aliphatic rings. The fraction of sp³-hybridized carbons (Fsp3) is 0.500. The first-order valence-corrected chi connectivity index (χ1v) is 11.9. The molecule has 0 bridgehead atoms. The van der Waals surface area contributed by atoms with Crippen LogP contribution in [0.4, 0.5) is 25.0 Å². The summed E-state index contributed by atoms with van der Waals surface area (Å²) in [6.07, 6.45) is -0.984. The highest BCUT2D eigenvalue weighted by atomic mass is 31.2. The molecular weight excluding hydrogens is 431 g/mol. The van der Waals surface area contributed by atoms with Crippen LogP contribution >= 0.6 is 7.37 Å². The molecule has 2 heterocycles. The Morgan fingerprint density at radius 1 is 1.29 bits per heavy atom. The second-order valence-corrected chi connectivity index (χ2v) is 10.6. The van der Waals surface area contributed by atoms with Crippen LogP contribution in [0.15, 0.2) is 24.3 Å². The van der Waals surface area contributed by atoms with Crippen LogP contribution in [0.2, 0.25) is 0 Å². The minimum Gasteiger partial charge on any atom is -0.442 e. The van der Waals surface area contributed by atoms with E-state index in [0.717, 1.165) is 22.6 Å². The largest absolute Gasteiger partial charge is 0.442 e. The Kier molecular flexibility index (Phi) is 7.01. The van der Waals surface area contributed by atoms with Crippen molar-refractivity contribution in [2.75, 3.05) is 54.9 Å². The summed E-state index contributed by atoms with van der Waals surface area (Å²) < 4.78 is 53.0. The molecule has 0 aromatic heterocycles. The average molecular weight is 457 g/mol. The van der Waals surface area contributed by atoms with Gasteiger partial charge in [0.15, 0.2) is 11.6 Å². The number of carbonyl (C=O) groups excluding carboxylic acids is 2. The van der Waals surface area contributed by atoms with Crippen LogP contribution in [0.5, 0.6) is 0 Å². The number of hydrogen-bond acceptors (Lipinski definition) is 6. The van der Waals surface area contributed by atoms with Gasteiger partial charge in [0.2, 0.25) is 13.3 Å². The van der Waals surface area contributed by atoms with Gasteiger partial charge in [-0.2, -0.15) is 0 Å². The topological polar surface area (TPSA) is 88.2 Å². The van der Waals surface area contributed by atoms with E-state index in [1.165, 1.54) is 11.8 Å². The molecule has 1 N–H and O–H groups in total. The Labute approximate surface area is 179 Å². The lowest BCUT2D eigenvalue weighted by Crippen LogP contribution is -2.37. The third-order valence-electron chi connectivity index (χ3n) is 5.05. The van der Waals surface area contributed by atoms with Crippen molar-refractivity contribution in [3.05, 3.63) is 35.9 Å². The van der Waals surface area contributed by atoms with E-state index in [2.05, 4.69) is 11.9 Å². The summed E-state index contributed by atoms with van der Waals surface area (Å²) in [7, 11) is -2.86. The number of hydrogen-bond donors (Lipinski definition) is 1. The molecule has 1 atom stereocenters. The van der Waals surface area contributed by atoms with Crippen molar-refractivity contribution in [2.45, 2.75) is 20.0 Å². The van der Waals surface area contributed by atoms with E-state index in [1.54, 1.807) is 6.92 Å². The predicted molar refractivity (Wildman–Crippen MR) is 113 cm³/mol. The van der Waals surface area contributed by atoms with Crippen LogP contribution in [-0.2, 0) is 18.6 Å². The van der Waals surface area contributed by atoms with Crippen LogP contribution in [-0.4, -0.2) is 63.2 Å². The molecular formula is C20H26F2N3O5P. The van der Waals surface area contributed by atoms with E-state index in [0.29, 0.717) is 0 Å². The number of amides is 2. The van der Waals surface area contributed by atoms with Gasteiger partial charge in [0.25, 0.3) is 0 Å². The van der Waals surface area contributed by atoms with Gasteiger partial charge in [-0.3, -0.25) is 14.3 Å². The molecule has 1 aromatic rings. The quantitative estimate of drug-likeness (QED) is 0.500. The van der Waals surface area contributed by atoms with E-state index in [1.807, 2.05) is 0 Å². The van der Waals surface area contributed by atoms with Crippen LogP contribution in [0, 0.1) is 11.6 Å². The van der Waals surface area contributed by atoms with Crippen LogP contribution in [0.1, 0.15) is 13.8 Å². The summed E-state index contributed by atoms with van der Waals surface area (Å²) in [5.41, 5.74) is 0.559. The third-order valence-corrected chi connectivity index (χ3v) is 7.41. The molecule has 0 spiro atoms. The van der Waals surface area contributed by atoms with Gasteiger partial charge < -0.3 is 19.5 Å². The van der Waals surface area contributed by atoms with Gasteiger partial charge in [-0.15, -0.1) is 0 Å². The Hall–Kier alpha value is -2.45. The summed E-state index contributed by atoms with van der Waals surface area (Å²) in [5.74, 6) is -1.92. The standard InChI is InChI=1S/C20H26F2N3O5P/c1-13(2)12-29-31(28)6-4-24(5-7-31)19-17(21)8-15(9-18(19)22)25-11-16(30-20(25)27)10-23-14(3)26/h8-9,16H,1,4-7,10-12H2,2-3H3,(H,23,26)/t16-/m0/s1. The van der Waals surface area contributed by atoms with E-state index >= 15 is 0 Å². The first-order chi connectivity index (χ1) is 14.6. The van der Waals surface area contributed by atoms with Crippen molar-refractivity contribution in [1.82, 2.24) is 5.32 Å². The zero-order valence-corrected chi connectivity index (χ0v) is 18.4. The van der Waals surface area contributed by atoms with E-state index in [9.17, 15) is 22.9 Å². The molecule has 2 fully saturated rings. The van der Waals surface area contributed by atoms with Gasteiger partial charge in [0.1, 0.15) is 11.8 Å². The zero-order chi connectivity index (χ0) is 22.8. The van der Waals surface area contributed by atoms with E-state index in [4.69, 9.17) is 9.26 Å². The number of halogens is 2. The van der Waals surface area contributed by atoms with E-state index in [-0.39, 0.29) is 62.4 Å². The van der Waals surface area contributed by atoms with Crippen molar-refractivity contribution in [1.29, 1.82) is 0 Å². The Morgan fingerprint density at radius 2 is 1.90 bits per heavy atom. The van der Waals surface area contributed by atoms with Crippen LogP contribution < -0.4 is 15.1 Å². The SMILES string of the molecule is C=C(C)COP1(=O)CCN(c2c(F)cc(N3C[C@H](CNC(C)=O)OC3=O)cc2F)CC1. The maximum atomic E-state index is 14.8. The smallest absolute Gasteiger partial charge is 0.414 e. The number of nitrogens with zero attached hydrogens (tertiary/aromatic N) is 2. The van der Waals surface area contributed by atoms with Crippen molar-refractivity contribution < 1.29 is 32.2 Å². The number of nitrogens with one attached hydrogen (secondary N) is 1. The molecule has 0 unspecified atom stereocenters. The highest BCUT2D eigenvalue weighted by molar-refractivity contribution is 7.59. The number of ether oxygens (including phenoxy) is 1. The molecule has 3 rings (SSSR count). The molecule has 0 saturated carbocycles. The number of anilines is 2. The minimum atomic E-state index is -2.86. The molecule has 31 heavy (non-hydrogen) atoms. The maximum absolute atomic E-state index is 14.8. The fourth-order valence-electron chi connectivity index (χ4n) is 3.46. The van der Waals surface area contributed by atoms with Gasteiger partial charge in [0, 0.05) is 44.5 Å². The number of cyclic esters (lactones) is 1. The lowest BCUT2D eigenvalue weighted by atomic mass is 10.2. The molecule has 8 nitrogen and oxygen atoms in total. The summed E-state index contributed by atoms with van der Waals surface area (Å²) in [6.45, 7) is 7.56. The Balaban J connectivity index is 1.69. The van der Waals surface area contributed by atoms with E-state index < -0.39 is 31.2 Å². The van der Waals surface area contributed by atoms with Crippen LogP contribution in [0.3, 0.4) is 0 Å². The number of rotatable bonds is 7. The van der Waals surface area contributed by atoms with Gasteiger partial charge in [0.05, 0.1) is 25.4 Å². The highest BCUT2D eigenvalue weighted by Gasteiger charge is 2.35. The molecule has 11 heteroatoms. The Morgan fingerprint density at radius 3 is 2.45 bits per heavy atom. The lowest BCUT2D eigenvalue weighted by molar-refractivity contribution is -0.119. The first-order valence-electron chi connectivity index (χ1n) is 9.91. The minimum absolute atomic E-state index is 0.0292. The molecule has 0 radical (unpaired) electrons. The summed E-state index contributed by atoms with van der Waals surface area (Å²) >= 11 is 0. The van der Waals surface area contributed by atoms with Crippen LogP contribution in [0.25, 0.3) is 0 Å². The molecule has 0 aliphatic carbocycles. The molecule has 1 aromatic carbocycles. The Bertz CT molecular complexity index is 906. The van der Waals surface area contributed by atoms with Gasteiger partial charge in [-0.05, 0) is 6.92 Å². The number of carbonyl (C=O) groups is 2. The van der Waals surface area contributed by atoms with Gasteiger partial charge in [-0.1, -0.05) is 12.2 Å². The van der Waals surface area contributed by atoms with Gasteiger partial charge in [-0.25, -0.2) is 13.6 Å². The number of benzene rings is 1. The van der Waals surface area contributed by atoms with Crippen molar-refractivity contribution in [3.8, 4) is 0 Å². The van der Waals surface area contributed by atoms with Gasteiger partial charge >= 0.3 is 6.09 Å². The lowest BCUT2D eigenvalue weighted by Gasteiger charge is -2.34. The maximum Gasteiger partial charge on any atom is 0.414 e. The molecule has 170 valence electrons. The van der Waals surface area contributed by atoms with Crippen molar-refractivity contribution in [2.24, 2.45) is 0 Å². The molecule has 2 aliphatic heterocycles. The normalized spacial score (nSPS) is 20.5. The second kappa shape index (κ2) is 9.36. The monoisotopic (exact) mass is 457 g/mol. The predicted octanol–water partition coefficient (Wildman–Crippen LogP) is 3.12. The van der Waals surface area contributed by atoms with Crippen molar-refractivity contribution >= 4 is 30.7 Å². The average Bonchev–Trinajstić information content (AvgIpc) is 3.06. The third kappa shape index (κ3) is 5.62. The summed E-state index contributed by atoms with van der Waals surface area (Å²) in [4.78, 5) is 25.7. The van der Waals surface area contributed by atoms with Crippen molar-refractivity contribution in [3.63, 3.8) is 0 Å².